The molecule has 0 atom stereocenters. The molecule has 1 amide bonds. The van der Waals surface area contributed by atoms with Gasteiger partial charge < -0.3 is 15.5 Å². The summed E-state index contributed by atoms with van der Waals surface area (Å²) in [6, 6.07) is 10.1. The van der Waals surface area contributed by atoms with Gasteiger partial charge in [0.1, 0.15) is 0 Å². The molecule has 2 heterocycles. The molecular weight excluding hydrogens is 397 g/mol. The van der Waals surface area contributed by atoms with Crippen molar-refractivity contribution in [2.75, 3.05) is 58.3 Å². The summed E-state index contributed by atoms with van der Waals surface area (Å²) in [5.74, 6) is -0.0700. The van der Waals surface area contributed by atoms with Gasteiger partial charge in [-0.3, -0.25) is 14.7 Å². The van der Waals surface area contributed by atoms with Crippen LogP contribution in [-0.4, -0.2) is 69.2 Å². The molecule has 3 rings (SSSR count). The van der Waals surface area contributed by atoms with Crippen LogP contribution in [0.3, 0.4) is 0 Å². The predicted octanol–water partition coefficient (Wildman–Crippen LogP) is 2.29. The molecule has 0 spiro atoms. The highest BCUT2D eigenvalue weighted by atomic mass is 35.5. The molecule has 1 aromatic heterocycles. The van der Waals surface area contributed by atoms with Gasteiger partial charge in [0.15, 0.2) is 0 Å². The molecule has 154 valence electrons. The van der Waals surface area contributed by atoms with Crippen LogP contribution < -0.4 is 15.5 Å². The van der Waals surface area contributed by atoms with Gasteiger partial charge >= 0.3 is 0 Å². The van der Waals surface area contributed by atoms with Crippen LogP contribution in [0.25, 0.3) is 11.1 Å². The van der Waals surface area contributed by atoms with E-state index in [1.807, 2.05) is 20.2 Å². The van der Waals surface area contributed by atoms with Crippen molar-refractivity contribution in [3.63, 3.8) is 0 Å². The Morgan fingerprint density at radius 2 is 1.79 bits per heavy atom. The minimum Gasteiger partial charge on any atom is -0.378 e. The van der Waals surface area contributed by atoms with Crippen LogP contribution in [0.2, 0.25) is 0 Å². The fraction of sp³-hybridized carbons (Fsp3) is 0.400. The standard InChI is InChI=1S/C20H27N5O.2ClH/c1-24(2)19-5-3-16(4-6-19)17-13-18(15-22-14-17)20(26)23-9-12-25-10-7-21-8-11-25;;/h3-6,13-15,21H,7-12H2,1-2H3,(H,23,26);2*1H. The van der Waals surface area contributed by atoms with Crippen molar-refractivity contribution < 1.29 is 4.79 Å². The fourth-order valence-corrected chi connectivity index (χ4v) is 3.04. The molecule has 1 saturated heterocycles. The number of piperazine rings is 1. The monoisotopic (exact) mass is 425 g/mol. The second kappa shape index (κ2) is 11.9. The number of hydrogen-bond donors (Lipinski definition) is 2. The molecule has 1 aliphatic heterocycles. The first-order chi connectivity index (χ1) is 12.6. The lowest BCUT2D eigenvalue weighted by atomic mass is 10.1. The van der Waals surface area contributed by atoms with Crippen LogP contribution in [0.5, 0.6) is 0 Å². The van der Waals surface area contributed by atoms with Gasteiger partial charge in [-0.05, 0) is 23.8 Å². The first kappa shape index (κ1) is 24.2. The Balaban J connectivity index is 0.00000196. The highest BCUT2D eigenvalue weighted by Gasteiger charge is 2.11. The van der Waals surface area contributed by atoms with Crippen molar-refractivity contribution in [1.82, 2.24) is 20.5 Å². The first-order valence-corrected chi connectivity index (χ1v) is 9.07. The summed E-state index contributed by atoms with van der Waals surface area (Å²) in [6.07, 6.45) is 3.42. The van der Waals surface area contributed by atoms with Crippen LogP contribution in [-0.2, 0) is 0 Å². The van der Waals surface area contributed by atoms with Crippen LogP contribution in [0.15, 0.2) is 42.7 Å². The Kier molecular flexibility index (Phi) is 10.2. The molecule has 1 aliphatic rings. The molecule has 6 nitrogen and oxygen atoms in total. The molecule has 0 bridgehead atoms. The number of anilines is 1. The smallest absolute Gasteiger partial charge is 0.252 e. The third kappa shape index (κ3) is 6.63. The van der Waals surface area contributed by atoms with Gasteiger partial charge in [-0.2, -0.15) is 0 Å². The van der Waals surface area contributed by atoms with E-state index in [4.69, 9.17) is 0 Å². The van der Waals surface area contributed by atoms with E-state index in [0.717, 1.165) is 49.5 Å². The van der Waals surface area contributed by atoms with E-state index in [9.17, 15) is 4.79 Å². The third-order valence-electron chi connectivity index (χ3n) is 4.64. The lowest BCUT2D eigenvalue weighted by molar-refractivity contribution is 0.0947. The Hall–Kier alpha value is -1.86. The molecule has 1 aromatic carbocycles. The topological polar surface area (TPSA) is 60.5 Å². The molecule has 2 aromatic rings. The molecule has 8 heteroatoms. The minimum absolute atomic E-state index is 0. The van der Waals surface area contributed by atoms with E-state index in [0.29, 0.717) is 12.1 Å². The van der Waals surface area contributed by atoms with Gasteiger partial charge in [-0.25, -0.2) is 0 Å². The van der Waals surface area contributed by atoms with Gasteiger partial charge in [0.2, 0.25) is 0 Å². The maximum Gasteiger partial charge on any atom is 0.252 e. The van der Waals surface area contributed by atoms with Crippen molar-refractivity contribution in [1.29, 1.82) is 0 Å². The van der Waals surface area contributed by atoms with Gasteiger partial charge in [0.05, 0.1) is 5.56 Å². The van der Waals surface area contributed by atoms with Crippen LogP contribution in [0.4, 0.5) is 5.69 Å². The second-order valence-corrected chi connectivity index (χ2v) is 6.75. The maximum atomic E-state index is 12.4. The van der Waals surface area contributed by atoms with E-state index < -0.39 is 0 Å². The first-order valence-electron chi connectivity index (χ1n) is 9.07. The van der Waals surface area contributed by atoms with Gasteiger partial charge in [0, 0.05) is 77.0 Å². The number of amides is 1. The van der Waals surface area contributed by atoms with E-state index in [1.165, 1.54) is 0 Å². The number of nitrogens with zero attached hydrogens (tertiary/aromatic N) is 3. The van der Waals surface area contributed by atoms with Gasteiger partial charge in [0.25, 0.3) is 5.91 Å². The van der Waals surface area contributed by atoms with Crippen molar-refractivity contribution in [3.05, 3.63) is 48.3 Å². The zero-order valence-electron chi connectivity index (χ0n) is 16.4. The number of aromatic nitrogens is 1. The lowest BCUT2D eigenvalue weighted by Gasteiger charge is -2.27. The Bertz CT molecular complexity index is 734. The predicted molar refractivity (Wildman–Crippen MR) is 120 cm³/mol. The van der Waals surface area contributed by atoms with Crippen LogP contribution in [0, 0.1) is 0 Å². The summed E-state index contributed by atoms with van der Waals surface area (Å²) in [5, 5.41) is 6.33. The molecule has 1 fully saturated rings. The number of nitrogens with one attached hydrogen (secondary N) is 2. The molecule has 0 unspecified atom stereocenters. The molecule has 0 aliphatic carbocycles. The van der Waals surface area contributed by atoms with Crippen molar-refractivity contribution in [2.45, 2.75) is 0 Å². The fourth-order valence-electron chi connectivity index (χ4n) is 3.04. The Morgan fingerprint density at radius 3 is 2.43 bits per heavy atom. The molecule has 0 radical (unpaired) electrons. The van der Waals surface area contributed by atoms with Crippen molar-refractivity contribution in [3.8, 4) is 11.1 Å². The number of halogens is 2. The third-order valence-corrected chi connectivity index (χ3v) is 4.64. The Morgan fingerprint density at radius 1 is 1.11 bits per heavy atom. The zero-order chi connectivity index (χ0) is 18.4. The average molecular weight is 426 g/mol. The number of benzene rings is 1. The molecule has 0 saturated carbocycles. The highest BCUT2D eigenvalue weighted by Crippen LogP contribution is 2.22. The summed E-state index contributed by atoms with van der Waals surface area (Å²) in [4.78, 5) is 21.1. The summed E-state index contributed by atoms with van der Waals surface area (Å²) < 4.78 is 0. The average Bonchev–Trinajstić information content (AvgIpc) is 2.69. The van der Waals surface area contributed by atoms with Crippen molar-refractivity contribution >= 4 is 36.4 Å². The number of carbonyl (C=O) groups excluding carboxylic acids is 1. The summed E-state index contributed by atoms with van der Waals surface area (Å²) in [6.45, 7) is 5.65. The molecule has 2 N–H and O–H groups in total. The number of rotatable bonds is 6. The maximum absolute atomic E-state index is 12.4. The quantitative estimate of drug-likeness (QED) is 0.743. The minimum atomic E-state index is -0.0700. The number of pyridine rings is 1. The van der Waals surface area contributed by atoms with Gasteiger partial charge in [-0.1, -0.05) is 12.1 Å². The number of hydrogen-bond acceptors (Lipinski definition) is 5. The summed E-state index contributed by atoms with van der Waals surface area (Å²) in [5.41, 5.74) is 3.74. The van der Waals surface area contributed by atoms with Crippen LogP contribution >= 0.6 is 24.8 Å². The highest BCUT2D eigenvalue weighted by molar-refractivity contribution is 5.95. The summed E-state index contributed by atoms with van der Waals surface area (Å²) >= 11 is 0. The zero-order valence-corrected chi connectivity index (χ0v) is 18.0. The summed E-state index contributed by atoms with van der Waals surface area (Å²) in [7, 11) is 4.03. The Labute approximate surface area is 179 Å². The van der Waals surface area contributed by atoms with E-state index in [1.54, 1.807) is 12.4 Å². The van der Waals surface area contributed by atoms with E-state index in [-0.39, 0.29) is 30.7 Å². The van der Waals surface area contributed by atoms with E-state index >= 15 is 0 Å². The SMILES string of the molecule is CN(C)c1ccc(-c2cncc(C(=O)NCCN3CCNCC3)c2)cc1.Cl.Cl. The lowest BCUT2D eigenvalue weighted by Crippen LogP contribution is -2.46. The largest absolute Gasteiger partial charge is 0.378 e. The van der Waals surface area contributed by atoms with Crippen LogP contribution in [0.1, 0.15) is 10.4 Å². The van der Waals surface area contributed by atoms with Gasteiger partial charge in [-0.15, -0.1) is 24.8 Å². The van der Waals surface area contributed by atoms with E-state index in [2.05, 4.69) is 49.7 Å². The second-order valence-electron chi connectivity index (χ2n) is 6.75. The van der Waals surface area contributed by atoms with Crippen molar-refractivity contribution in [2.24, 2.45) is 0 Å². The molecule has 28 heavy (non-hydrogen) atoms. The molecular formula is C20H29Cl2N5O. The number of carbonyl (C=O) groups is 1. The normalized spacial score (nSPS) is 13.8.